The third kappa shape index (κ3) is 2.49. The summed E-state index contributed by atoms with van der Waals surface area (Å²) in [5, 5.41) is 0. The van der Waals surface area contributed by atoms with Gasteiger partial charge < -0.3 is 17.2 Å². The summed E-state index contributed by atoms with van der Waals surface area (Å²) in [5.74, 6) is 0.378. The SMILES string of the molecule is Nc1nc(N)c(N=Cc2ccccc2)c(N)n1. The number of anilines is 3. The highest BCUT2D eigenvalue weighted by Crippen LogP contribution is 2.26. The largest absolute Gasteiger partial charge is 0.382 e. The zero-order valence-corrected chi connectivity index (χ0v) is 9.04. The van der Waals surface area contributed by atoms with Crippen LogP contribution in [0.4, 0.5) is 23.3 Å². The molecule has 86 valence electrons. The highest BCUT2D eigenvalue weighted by Gasteiger charge is 2.06. The molecule has 6 heteroatoms. The Hall–Kier alpha value is -2.63. The lowest BCUT2D eigenvalue weighted by atomic mass is 10.2. The lowest BCUT2D eigenvalue weighted by Gasteiger charge is -2.03. The highest BCUT2D eigenvalue weighted by molar-refractivity contribution is 5.85. The monoisotopic (exact) mass is 228 g/mol. The van der Waals surface area contributed by atoms with Crippen LogP contribution in [0.2, 0.25) is 0 Å². The molecular formula is C11H12N6. The molecule has 0 amide bonds. The molecule has 6 nitrogen and oxygen atoms in total. The summed E-state index contributed by atoms with van der Waals surface area (Å²) in [4.78, 5) is 11.8. The molecule has 0 saturated heterocycles. The number of nitrogens with two attached hydrogens (primary N) is 3. The smallest absolute Gasteiger partial charge is 0.224 e. The summed E-state index contributed by atoms with van der Waals surface area (Å²) in [6, 6.07) is 9.57. The molecule has 0 saturated carbocycles. The van der Waals surface area contributed by atoms with E-state index in [1.807, 2.05) is 30.3 Å². The van der Waals surface area contributed by atoms with Crippen molar-refractivity contribution in [3.05, 3.63) is 35.9 Å². The number of aromatic nitrogens is 2. The number of hydrogen-bond acceptors (Lipinski definition) is 6. The fraction of sp³-hybridized carbons (Fsp3) is 0. The van der Waals surface area contributed by atoms with Gasteiger partial charge in [0.1, 0.15) is 5.69 Å². The molecule has 1 aromatic carbocycles. The molecule has 0 fully saturated rings. The fourth-order valence-electron chi connectivity index (χ4n) is 1.32. The van der Waals surface area contributed by atoms with E-state index >= 15 is 0 Å². The second-order valence-corrected chi connectivity index (χ2v) is 3.37. The van der Waals surface area contributed by atoms with Gasteiger partial charge in [-0.25, -0.2) is 4.99 Å². The van der Waals surface area contributed by atoms with Crippen LogP contribution in [0.15, 0.2) is 35.3 Å². The number of benzene rings is 1. The molecule has 0 aliphatic carbocycles. The maximum Gasteiger partial charge on any atom is 0.224 e. The molecule has 1 heterocycles. The van der Waals surface area contributed by atoms with Crippen molar-refractivity contribution >= 4 is 29.5 Å². The Labute approximate surface area is 98.2 Å². The Morgan fingerprint density at radius 3 is 2.12 bits per heavy atom. The van der Waals surface area contributed by atoms with Crippen molar-refractivity contribution < 1.29 is 0 Å². The standard InChI is InChI=1S/C11H12N6/c12-9-8(10(13)17-11(14)16-9)15-6-7-4-2-1-3-5-7/h1-6H,(H6,12,13,14,16,17). The Morgan fingerprint density at radius 1 is 0.941 bits per heavy atom. The van der Waals surface area contributed by atoms with E-state index in [-0.39, 0.29) is 17.6 Å². The van der Waals surface area contributed by atoms with Gasteiger partial charge in [0.05, 0.1) is 0 Å². The third-order valence-electron chi connectivity index (χ3n) is 2.10. The van der Waals surface area contributed by atoms with Crippen LogP contribution in [0, 0.1) is 0 Å². The average Bonchev–Trinajstić information content (AvgIpc) is 2.29. The summed E-state index contributed by atoms with van der Waals surface area (Å²) in [6.45, 7) is 0. The Morgan fingerprint density at radius 2 is 1.53 bits per heavy atom. The normalized spacial score (nSPS) is 10.8. The topological polar surface area (TPSA) is 116 Å². The number of hydrogen-bond donors (Lipinski definition) is 3. The minimum atomic E-state index is 0.0404. The molecule has 2 aromatic rings. The molecular weight excluding hydrogens is 216 g/mol. The molecule has 2 rings (SSSR count). The van der Waals surface area contributed by atoms with Gasteiger partial charge >= 0.3 is 0 Å². The first-order valence-electron chi connectivity index (χ1n) is 4.94. The maximum atomic E-state index is 5.66. The second kappa shape index (κ2) is 4.48. The van der Waals surface area contributed by atoms with E-state index in [9.17, 15) is 0 Å². The van der Waals surface area contributed by atoms with E-state index in [0.29, 0.717) is 5.69 Å². The maximum absolute atomic E-state index is 5.66. The van der Waals surface area contributed by atoms with E-state index in [2.05, 4.69) is 15.0 Å². The summed E-state index contributed by atoms with van der Waals surface area (Å²) in [5.41, 5.74) is 18.0. The minimum Gasteiger partial charge on any atom is -0.382 e. The molecule has 0 radical (unpaired) electrons. The summed E-state index contributed by atoms with van der Waals surface area (Å²) in [6.07, 6.45) is 1.64. The number of rotatable bonds is 2. The van der Waals surface area contributed by atoms with E-state index in [1.165, 1.54) is 0 Å². The van der Waals surface area contributed by atoms with Crippen LogP contribution < -0.4 is 17.2 Å². The number of aliphatic imine (C=N–C) groups is 1. The van der Waals surface area contributed by atoms with Gasteiger partial charge in [0.2, 0.25) is 5.95 Å². The summed E-state index contributed by atoms with van der Waals surface area (Å²) >= 11 is 0. The van der Waals surface area contributed by atoms with Crippen LogP contribution >= 0.6 is 0 Å². The fourth-order valence-corrected chi connectivity index (χ4v) is 1.32. The van der Waals surface area contributed by atoms with Crippen molar-refractivity contribution in [3.8, 4) is 0 Å². The van der Waals surface area contributed by atoms with Crippen LogP contribution in [0.25, 0.3) is 0 Å². The first-order chi connectivity index (χ1) is 8.16. The van der Waals surface area contributed by atoms with Gasteiger partial charge in [-0.3, -0.25) is 0 Å². The predicted octanol–water partition coefficient (Wildman–Crippen LogP) is 0.974. The Balaban J connectivity index is 2.34. The van der Waals surface area contributed by atoms with Gasteiger partial charge in [0.25, 0.3) is 0 Å². The number of nitrogens with zero attached hydrogens (tertiary/aromatic N) is 3. The molecule has 0 spiro atoms. The minimum absolute atomic E-state index is 0.0404. The molecule has 1 aromatic heterocycles. The molecule has 0 aliphatic rings. The van der Waals surface area contributed by atoms with E-state index in [0.717, 1.165) is 5.56 Å². The van der Waals surface area contributed by atoms with Crippen LogP contribution in [0.1, 0.15) is 5.56 Å². The van der Waals surface area contributed by atoms with E-state index in [1.54, 1.807) is 6.21 Å². The Kier molecular flexibility index (Phi) is 2.87. The first-order valence-corrected chi connectivity index (χ1v) is 4.94. The molecule has 0 aliphatic heterocycles. The Bertz CT molecular complexity index is 526. The zero-order valence-electron chi connectivity index (χ0n) is 9.04. The zero-order chi connectivity index (χ0) is 12.3. The van der Waals surface area contributed by atoms with Gasteiger partial charge in [-0.1, -0.05) is 30.3 Å². The van der Waals surface area contributed by atoms with Crippen molar-refractivity contribution in [1.82, 2.24) is 9.97 Å². The van der Waals surface area contributed by atoms with Gasteiger partial charge in [-0.15, -0.1) is 0 Å². The van der Waals surface area contributed by atoms with Gasteiger partial charge in [0, 0.05) is 6.21 Å². The molecule has 0 unspecified atom stereocenters. The molecule has 0 bridgehead atoms. The molecule has 6 N–H and O–H groups in total. The third-order valence-corrected chi connectivity index (χ3v) is 2.10. The van der Waals surface area contributed by atoms with E-state index in [4.69, 9.17) is 17.2 Å². The average molecular weight is 228 g/mol. The van der Waals surface area contributed by atoms with Gasteiger partial charge in [-0.05, 0) is 5.56 Å². The summed E-state index contributed by atoms with van der Waals surface area (Å²) < 4.78 is 0. The van der Waals surface area contributed by atoms with Crippen LogP contribution in [-0.2, 0) is 0 Å². The van der Waals surface area contributed by atoms with Crippen LogP contribution in [0.5, 0.6) is 0 Å². The predicted molar refractivity (Wildman–Crippen MR) is 69.0 cm³/mol. The van der Waals surface area contributed by atoms with Gasteiger partial charge in [-0.2, -0.15) is 9.97 Å². The van der Waals surface area contributed by atoms with Crippen LogP contribution in [0.3, 0.4) is 0 Å². The lowest BCUT2D eigenvalue weighted by molar-refractivity contribution is 1.19. The van der Waals surface area contributed by atoms with Crippen molar-refractivity contribution in [2.24, 2.45) is 4.99 Å². The molecule has 17 heavy (non-hydrogen) atoms. The number of nitrogen functional groups attached to an aromatic ring is 3. The van der Waals surface area contributed by atoms with Crippen LogP contribution in [-0.4, -0.2) is 16.2 Å². The van der Waals surface area contributed by atoms with Crippen molar-refractivity contribution in [1.29, 1.82) is 0 Å². The first kappa shape index (κ1) is 10.9. The molecule has 0 atom stereocenters. The van der Waals surface area contributed by atoms with Crippen molar-refractivity contribution in [3.63, 3.8) is 0 Å². The summed E-state index contributed by atoms with van der Waals surface area (Å²) in [7, 11) is 0. The van der Waals surface area contributed by atoms with Crippen molar-refractivity contribution in [2.75, 3.05) is 17.2 Å². The second-order valence-electron chi connectivity index (χ2n) is 3.37. The van der Waals surface area contributed by atoms with E-state index < -0.39 is 0 Å². The van der Waals surface area contributed by atoms with Gasteiger partial charge in [0.15, 0.2) is 11.6 Å². The highest BCUT2D eigenvalue weighted by atomic mass is 15.1. The quantitative estimate of drug-likeness (QED) is 0.662. The lowest BCUT2D eigenvalue weighted by Crippen LogP contribution is -2.03. The van der Waals surface area contributed by atoms with Crippen molar-refractivity contribution in [2.45, 2.75) is 0 Å².